The lowest BCUT2D eigenvalue weighted by atomic mass is 9.86. The quantitative estimate of drug-likeness (QED) is 0.0989. The molecule has 2 aliphatic heterocycles. The van der Waals surface area contributed by atoms with E-state index in [0.717, 1.165) is 22.1 Å². The number of nitrogens with one attached hydrogen (secondary N) is 3. The fourth-order valence-corrected chi connectivity index (χ4v) is 7.06. The first-order valence-electron chi connectivity index (χ1n) is 17.9. The summed E-state index contributed by atoms with van der Waals surface area (Å²) < 4.78 is 6.80. The highest BCUT2D eigenvalue weighted by Crippen LogP contribution is 2.40. The van der Waals surface area contributed by atoms with E-state index in [1.165, 1.54) is 0 Å². The van der Waals surface area contributed by atoms with Gasteiger partial charge in [-0.05, 0) is 43.0 Å². The summed E-state index contributed by atoms with van der Waals surface area (Å²) in [4.78, 5) is 84.0. The number of likely N-dealkylation sites (N-methyl/N-ethyl adjacent to an activating group) is 1. The van der Waals surface area contributed by atoms with Crippen molar-refractivity contribution in [1.29, 1.82) is 0 Å². The van der Waals surface area contributed by atoms with Crippen molar-refractivity contribution in [2.45, 2.75) is 57.9 Å². The largest absolute Gasteiger partial charge is 0.458 e. The van der Waals surface area contributed by atoms with Crippen molar-refractivity contribution >= 4 is 40.5 Å². The molecule has 6 rings (SSSR count). The molecule has 0 aliphatic carbocycles. The van der Waals surface area contributed by atoms with Crippen LogP contribution in [0.25, 0.3) is 22.3 Å². The first kappa shape index (κ1) is 37.8. The Morgan fingerprint density at radius 3 is 2.46 bits per heavy atom. The van der Waals surface area contributed by atoms with Gasteiger partial charge in [0.15, 0.2) is 5.60 Å². The topological polar surface area (TPSA) is 215 Å². The third-order valence-electron chi connectivity index (χ3n) is 10.1. The number of pyridine rings is 2. The SMILES string of the molecule is CCN(CCc1c2c(nc3ccccc13)-c1cc3c(c(=O)n1C2)COC(=O)[C@]3(O)CC)C(=O)CNC(=O)[C@H](Cc1ccccc1)NC(=O)CNC(=O)CN. The number of aromatic nitrogens is 2. The van der Waals surface area contributed by atoms with Crippen LogP contribution in [0.2, 0.25) is 0 Å². The van der Waals surface area contributed by atoms with Crippen molar-refractivity contribution < 1.29 is 33.8 Å². The van der Waals surface area contributed by atoms with Gasteiger partial charge < -0.3 is 41.0 Å². The molecule has 4 aromatic rings. The van der Waals surface area contributed by atoms with Gasteiger partial charge in [-0.3, -0.25) is 24.0 Å². The highest BCUT2D eigenvalue weighted by atomic mass is 16.6. The molecule has 0 saturated heterocycles. The van der Waals surface area contributed by atoms with Gasteiger partial charge in [0.05, 0.1) is 48.6 Å². The number of carbonyl (C=O) groups is 5. The van der Waals surface area contributed by atoms with Crippen molar-refractivity contribution in [1.82, 2.24) is 30.4 Å². The van der Waals surface area contributed by atoms with Crippen LogP contribution in [0, 0.1) is 0 Å². The van der Waals surface area contributed by atoms with Crippen LogP contribution in [-0.2, 0) is 60.3 Å². The fraction of sp³-hybridized carbons (Fsp3) is 0.359. The Morgan fingerprint density at radius 1 is 1.00 bits per heavy atom. The van der Waals surface area contributed by atoms with Crippen LogP contribution in [-0.4, -0.2) is 87.9 Å². The van der Waals surface area contributed by atoms with Gasteiger partial charge >= 0.3 is 5.97 Å². The van der Waals surface area contributed by atoms with Crippen LogP contribution in [0.15, 0.2) is 65.5 Å². The number of hydrogen-bond acceptors (Lipinski definition) is 10. The van der Waals surface area contributed by atoms with Gasteiger partial charge in [0.25, 0.3) is 5.56 Å². The number of para-hydroxylation sites is 1. The van der Waals surface area contributed by atoms with Crippen molar-refractivity contribution in [3.8, 4) is 11.4 Å². The minimum atomic E-state index is -1.95. The van der Waals surface area contributed by atoms with E-state index in [2.05, 4.69) is 16.0 Å². The van der Waals surface area contributed by atoms with Crippen molar-refractivity contribution in [2.75, 3.05) is 32.7 Å². The Hall–Kier alpha value is -5.93. The van der Waals surface area contributed by atoms with E-state index in [1.807, 2.05) is 61.5 Å². The minimum Gasteiger partial charge on any atom is -0.458 e. The molecular formula is C39H43N7O8. The maximum Gasteiger partial charge on any atom is 0.343 e. The van der Waals surface area contributed by atoms with Gasteiger partial charge in [0.1, 0.15) is 12.6 Å². The standard InChI is InChI=1S/C39H43N7O8/c1-3-39(53)28-17-31-35-26(21-46(31)37(51)27(28)22-54-38(39)52)24(25-12-8-9-13-29(25)44-35)14-15-45(4-2)34(49)20-42-36(50)30(16-23-10-6-5-7-11-23)43-33(48)19-41-32(47)18-40/h5-13,17,30,53H,3-4,14-16,18-22,40H2,1-2H3,(H,41,47)(H,42,50)(H,43,48)/t30-,39-/m0/s1. The Labute approximate surface area is 310 Å². The molecule has 2 aliphatic rings. The highest BCUT2D eigenvalue weighted by molar-refractivity contribution is 5.93. The molecule has 15 nitrogen and oxygen atoms in total. The van der Waals surface area contributed by atoms with Crippen LogP contribution >= 0.6 is 0 Å². The van der Waals surface area contributed by atoms with Crippen molar-refractivity contribution in [3.05, 3.63) is 98.8 Å². The molecule has 15 heteroatoms. The van der Waals surface area contributed by atoms with E-state index in [9.17, 15) is 33.9 Å². The molecule has 0 bridgehead atoms. The summed E-state index contributed by atoms with van der Waals surface area (Å²) in [6, 6.07) is 17.3. The number of ether oxygens (including phenoxy) is 1. The van der Waals surface area contributed by atoms with Gasteiger partial charge in [-0.1, -0.05) is 55.5 Å². The van der Waals surface area contributed by atoms with E-state index >= 15 is 0 Å². The second-order valence-electron chi connectivity index (χ2n) is 13.3. The number of cyclic esters (lactones) is 1. The number of amides is 4. The monoisotopic (exact) mass is 737 g/mol. The molecule has 6 N–H and O–H groups in total. The maximum absolute atomic E-state index is 13.8. The Bertz CT molecular complexity index is 2190. The number of rotatable bonds is 14. The first-order valence-corrected chi connectivity index (χ1v) is 17.9. The van der Waals surface area contributed by atoms with E-state index in [-0.39, 0.29) is 74.8 Å². The number of benzene rings is 2. The highest BCUT2D eigenvalue weighted by Gasteiger charge is 2.45. The van der Waals surface area contributed by atoms with Gasteiger partial charge in [-0.25, -0.2) is 9.78 Å². The normalized spacial score (nSPS) is 16.0. The second kappa shape index (κ2) is 16.0. The number of nitrogens with two attached hydrogens (primary N) is 1. The van der Waals surface area contributed by atoms with Gasteiger partial charge in [0.2, 0.25) is 23.6 Å². The van der Waals surface area contributed by atoms with Crippen molar-refractivity contribution in [2.24, 2.45) is 5.73 Å². The number of carbonyl (C=O) groups excluding carboxylic acids is 5. The summed E-state index contributed by atoms with van der Waals surface area (Å²) in [5.41, 5.74) is 7.69. The zero-order valence-electron chi connectivity index (χ0n) is 30.1. The average molecular weight is 738 g/mol. The van der Waals surface area contributed by atoms with Gasteiger partial charge in [-0.2, -0.15) is 0 Å². The molecule has 54 heavy (non-hydrogen) atoms. The third-order valence-corrected chi connectivity index (χ3v) is 10.1. The van der Waals surface area contributed by atoms with E-state index in [0.29, 0.717) is 29.9 Å². The van der Waals surface area contributed by atoms with Crippen molar-refractivity contribution in [3.63, 3.8) is 0 Å². The summed E-state index contributed by atoms with van der Waals surface area (Å²) in [5.74, 6) is -2.79. The molecular weight excluding hydrogens is 694 g/mol. The number of esters is 1. The molecule has 0 spiro atoms. The molecule has 0 radical (unpaired) electrons. The van der Waals surface area contributed by atoms with Crippen LogP contribution in [0.3, 0.4) is 0 Å². The van der Waals surface area contributed by atoms with Gasteiger partial charge in [-0.15, -0.1) is 0 Å². The average Bonchev–Trinajstić information content (AvgIpc) is 3.56. The third kappa shape index (κ3) is 7.45. The zero-order chi connectivity index (χ0) is 38.6. The smallest absolute Gasteiger partial charge is 0.343 e. The van der Waals surface area contributed by atoms with Gasteiger partial charge in [0, 0.05) is 36.0 Å². The van der Waals surface area contributed by atoms with Crippen LogP contribution in [0.1, 0.15) is 48.1 Å². The van der Waals surface area contributed by atoms with Crippen LogP contribution in [0.4, 0.5) is 0 Å². The van der Waals surface area contributed by atoms with E-state index in [4.69, 9.17) is 15.5 Å². The number of hydrogen-bond donors (Lipinski definition) is 5. The fourth-order valence-electron chi connectivity index (χ4n) is 7.06. The summed E-state index contributed by atoms with van der Waals surface area (Å²) in [6.07, 6.45) is 0.594. The lowest BCUT2D eigenvalue weighted by molar-refractivity contribution is -0.172. The number of fused-ring (bicyclic) bond motifs is 5. The van der Waals surface area contributed by atoms with E-state index < -0.39 is 35.3 Å². The predicted octanol–water partition coefficient (Wildman–Crippen LogP) is 0.389. The molecule has 0 unspecified atom stereocenters. The Balaban J connectivity index is 1.20. The maximum atomic E-state index is 13.8. The molecule has 282 valence electrons. The lowest BCUT2D eigenvalue weighted by Crippen LogP contribution is -2.52. The molecule has 2 aromatic carbocycles. The minimum absolute atomic E-state index is 0.0313. The summed E-state index contributed by atoms with van der Waals surface area (Å²) in [7, 11) is 0. The number of aliphatic hydroxyl groups is 1. The summed E-state index contributed by atoms with van der Waals surface area (Å²) >= 11 is 0. The summed E-state index contributed by atoms with van der Waals surface area (Å²) in [5, 5.41) is 19.8. The molecule has 0 saturated carbocycles. The molecule has 2 aromatic heterocycles. The first-order chi connectivity index (χ1) is 26.0. The molecule has 4 heterocycles. The lowest BCUT2D eigenvalue weighted by Gasteiger charge is -2.31. The molecule has 0 fully saturated rings. The summed E-state index contributed by atoms with van der Waals surface area (Å²) in [6.45, 7) is 3.14. The Kier molecular flexibility index (Phi) is 11.2. The number of nitrogens with zero attached hydrogens (tertiary/aromatic N) is 3. The predicted molar refractivity (Wildman–Crippen MR) is 198 cm³/mol. The molecule has 2 atom stereocenters. The van der Waals surface area contributed by atoms with E-state index in [1.54, 1.807) is 22.5 Å². The van der Waals surface area contributed by atoms with Crippen LogP contribution < -0.4 is 27.2 Å². The van der Waals surface area contributed by atoms with Crippen LogP contribution in [0.5, 0.6) is 0 Å². The molecule has 4 amide bonds. The zero-order valence-corrected chi connectivity index (χ0v) is 30.1. The Morgan fingerprint density at radius 2 is 1.74 bits per heavy atom. The second-order valence-corrected chi connectivity index (χ2v) is 13.3.